The summed E-state index contributed by atoms with van der Waals surface area (Å²) in [6, 6.07) is 14.5. The van der Waals surface area contributed by atoms with Gasteiger partial charge in [-0.1, -0.05) is 58.0 Å². The molecule has 1 heterocycles. The van der Waals surface area contributed by atoms with Crippen LogP contribution in [0.1, 0.15) is 38.8 Å². The minimum absolute atomic E-state index is 0.0391. The molecule has 0 aliphatic heterocycles. The summed E-state index contributed by atoms with van der Waals surface area (Å²) in [4.78, 5) is 2.40. The number of halogens is 1. The monoisotopic (exact) mass is 489 g/mol. The molecule has 2 aromatic carbocycles. The summed E-state index contributed by atoms with van der Waals surface area (Å²) in [5.74, 6) is 0.619. The van der Waals surface area contributed by atoms with Gasteiger partial charge in [0.1, 0.15) is 10.8 Å². The minimum Gasteiger partial charge on any atom is -0.755 e. The van der Waals surface area contributed by atoms with Crippen molar-refractivity contribution in [2.45, 2.75) is 47.1 Å². The Kier molecular flexibility index (Phi) is 9.04. The highest BCUT2D eigenvalue weighted by molar-refractivity contribution is 7.81. The zero-order valence-corrected chi connectivity index (χ0v) is 21.7. The second-order valence-corrected chi connectivity index (χ2v) is 11.4. The maximum atomic E-state index is 13.5. The molecule has 0 saturated heterocycles. The van der Waals surface area contributed by atoms with E-state index in [4.69, 9.17) is 0 Å². The predicted octanol–water partition coefficient (Wildman–Crippen LogP) is 6.17. The number of rotatable bonds is 11. The van der Waals surface area contributed by atoms with Crippen LogP contribution in [0.4, 0.5) is 9.39 Å². The molecule has 1 aromatic heterocycles. The summed E-state index contributed by atoms with van der Waals surface area (Å²) in [5, 5.41) is 1.85. The molecule has 2 atom stereocenters. The van der Waals surface area contributed by atoms with Crippen LogP contribution in [0.3, 0.4) is 0 Å². The van der Waals surface area contributed by atoms with E-state index in [0.717, 1.165) is 39.3 Å². The average molecular weight is 490 g/mol. The Morgan fingerprint density at radius 2 is 1.58 bits per heavy atom. The number of aryl methyl sites for hydroxylation is 1. The maximum absolute atomic E-state index is 13.5. The lowest BCUT2D eigenvalue weighted by Gasteiger charge is -2.38. The van der Waals surface area contributed by atoms with Gasteiger partial charge in [-0.25, -0.2) is 4.39 Å². The van der Waals surface area contributed by atoms with E-state index < -0.39 is 11.3 Å². The van der Waals surface area contributed by atoms with Crippen LogP contribution in [0.25, 0.3) is 10.1 Å². The Balaban J connectivity index is 1.99. The molecule has 0 amide bonds. The molecule has 0 bridgehead atoms. The van der Waals surface area contributed by atoms with Gasteiger partial charge in [-0.15, -0.1) is 11.3 Å². The van der Waals surface area contributed by atoms with Gasteiger partial charge in [-0.2, -0.15) is 0 Å². The molecule has 33 heavy (non-hydrogen) atoms. The summed E-state index contributed by atoms with van der Waals surface area (Å²) in [6.45, 7) is 12.8. The van der Waals surface area contributed by atoms with E-state index >= 15 is 0 Å². The van der Waals surface area contributed by atoms with Crippen LogP contribution in [-0.2, 0) is 17.7 Å². The van der Waals surface area contributed by atoms with Gasteiger partial charge in [0, 0.05) is 41.6 Å². The number of thiophene rings is 1. The van der Waals surface area contributed by atoms with Gasteiger partial charge in [-0.05, 0) is 59.9 Å². The van der Waals surface area contributed by atoms with Crippen LogP contribution < -0.4 is 4.31 Å². The average Bonchev–Trinajstić information content (AvgIpc) is 3.07. The molecule has 0 N–H and O–H groups in total. The standard InChI is InChI=1S/C26H35FN2O2S2/c1-18(2)15-28(16-19(3)4)23(14-21-10-12-22(27)13-11-21)17-29(33(30)31)26-20(5)24-8-6-7-9-25(24)32-26/h6-13,18-19,23H,14-17H2,1-5H3,(H,30,31)/p-1. The quantitative estimate of drug-likeness (QED) is 0.302. The zero-order chi connectivity index (χ0) is 24.1. The van der Waals surface area contributed by atoms with Crippen molar-refractivity contribution < 1.29 is 13.2 Å². The molecule has 7 heteroatoms. The summed E-state index contributed by atoms with van der Waals surface area (Å²) in [7, 11) is 0. The normalized spacial score (nSPS) is 13.9. The first kappa shape index (κ1) is 25.8. The SMILES string of the molecule is Cc1c(N(CC(Cc2ccc(F)cc2)N(CC(C)C)CC(C)C)S(=O)[O-])sc2ccccc12. The third-order valence-corrected chi connectivity index (χ3v) is 7.80. The fourth-order valence-corrected chi connectivity index (χ4v) is 6.30. The number of hydrogen-bond donors (Lipinski definition) is 0. The largest absolute Gasteiger partial charge is 0.755 e. The van der Waals surface area contributed by atoms with Crippen LogP contribution in [0.15, 0.2) is 48.5 Å². The molecule has 3 rings (SSSR count). The molecule has 0 aliphatic carbocycles. The van der Waals surface area contributed by atoms with Crippen molar-refractivity contribution in [3.63, 3.8) is 0 Å². The Hall–Kier alpha value is -1.80. The van der Waals surface area contributed by atoms with E-state index in [0.29, 0.717) is 24.8 Å². The second kappa shape index (κ2) is 11.6. The van der Waals surface area contributed by atoms with Gasteiger partial charge in [0.25, 0.3) is 0 Å². The van der Waals surface area contributed by atoms with Gasteiger partial charge >= 0.3 is 0 Å². The van der Waals surface area contributed by atoms with Crippen LogP contribution in [0, 0.1) is 24.6 Å². The third-order valence-electron chi connectivity index (χ3n) is 5.70. The van der Waals surface area contributed by atoms with Crippen molar-refractivity contribution >= 4 is 37.7 Å². The van der Waals surface area contributed by atoms with Crippen molar-refractivity contribution in [2.75, 3.05) is 23.9 Å². The highest BCUT2D eigenvalue weighted by Crippen LogP contribution is 2.38. The molecule has 180 valence electrons. The molecule has 0 spiro atoms. The number of anilines is 1. The van der Waals surface area contributed by atoms with E-state index in [-0.39, 0.29) is 11.9 Å². The highest BCUT2D eigenvalue weighted by Gasteiger charge is 2.26. The Bertz CT molecular complexity index is 1060. The minimum atomic E-state index is -2.41. The third kappa shape index (κ3) is 6.85. The van der Waals surface area contributed by atoms with Gasteiger partial charge in [-0.3, -0.25) is 13.4 Å². The molecule has 3 aromatic rings. The second-order valence-electron chi connectivity index (χ2n) is 9.53. The van der Waals surface area contributed by atoms with Gasteiger partial charge in [0.05, 0.1) is 0 Å². The zero-order valence-electron chi connectivity index (χ0n) is 20.1. The summed E-state index contributed by atoms with van der Waals surface area (Å²) in [6.07, 6.45) is 0.650. The molecule has 0 fully saturated rings. The fourth-order valence-electron chi connectivity index (χ4n) is 4.31. The van der Waals surface area contributed by atoms with E-state index in [1.807, 2.05) is 31.2 Å². The Labute approximate surface area is 203 Å². The fraction of sp³-hybridized carbons (Fsp3) is 0.462. The van der Waals surface area contributed by atoms with Crippen molar-refractivity contribution in [2.24, 2.45) is 11.8 Å². The Morgan fingerprint density at radius 1 is 0.970 bits per heavy atom. The summed E-state index contributed by atoms with van der Waals surface area (Å²) in [5.41, 5.74) is 1.99. The van der Waals surface area contributed by atoms with Crippen molar-refractivity contribution in [1.82, 2.24) is 4.90 Å². The smallest absolute Gasteiger partial charge is 0.123 e. The molecule has 2 unspecified atom stereocenters. The molecule has 0 aliphatic rings. The lowest BCUT2D eigenvalue weighted by atomic mass is 10.0. The lowest BCUT2D eigenvalue weighted by molar-refractivity contribution is 0.159. The topological polar surface area (TPSA) is 46.6 Å². The van der Waals surface area contributed by atoms with E-state index in [2.05, 4.69) is 32.6 Å². The molecule has 0 saturated carbocycles. The Morgan fingerprint density at radius 3 is 2.12 bits per heavy atom. The van der Waals surface area contributed by atoms with E-state index in [1.54, 1.807) is 12.1 Å². The van der Waals surface area contributed by atoms with Gasteiger partial charge in [0.15, 0.2) is 0 Å². The number of fused-ring (bicyclic) bond motifs is 1. The maximum Gasteiger partial charge on any atom is 0.123 e. The van der Waals surface area contributed by atoms with Crippen LogP contribution in [0.5, 0.6) is 0 Å². The summed E-state index contributed by atoms with van der Waals surface area (Å²) >= 11 is -0.894. The van der Waals surface area contributed by atoms with Gasteiger partial charge in [0.2, 0.25) is 0 Å². The molecular formula is C26H34FN2O2S2-. The molecule has 4 nitrogen and oxygen atoms in total. The predicted molar refractivity (Wildman–Crippen MR) is 138 cm³/mol. The number of hydrogen-bond acceptors (Lipinski definition) is 4. The van der Waals surface area contributed by atoms with Crippen molar-refractivity contribution in [3.05, 3.63) is 65.5 Å². The first-order valence-electron chi connectivity index (χ1n) is 11.5. The van der Waals surface area contributed by atoms with E-state index in [9.17, 15) is 13.2 Å². The van der Waals surface area contributed by atoms with Crippen molar-refractivity contribution in [1.29, 1.82) is 0 Å². The van der Waals surface area contributed by atoms with Crippen LogP contribution in [0.2, 0.25) is 0 Å². The van der Waals surface area contributed by atoms with E-state index in [1.165, 1.54) is 27.8 Å². The number of nitrogens with zero attached hydrogens (tertiary/aromatic N) is 2. The lowest BCUT2D eigenvalue weighted by Crippen LogP contribution is -2.48. The molecular weight excluding hydrogens is 455 g/mol. The highest BCUT2D eigenvalue weighted by atomic mass is 32.2. The molecule has 0 radical (unpaired) electrons. The van der Waals surface area contributed by atoms with Crippen LogP contribution in [-0.4, -0.2) is 39.3 Å². The first-order valence-corrected chi connectivity index (χ1v) is 13.3. The van der Waals surface area contributed by atoms with Crippen molar-refractivity contribution in [3.8, 4) is 0 Å². The van der Waals surface area contributed by atoms with Gasteiger partial charge < -0.3 is 4.55 Å². The van der Waals surface area contributed by atoms with Crippen LogP contribution >= 0.6 is 11.3 Å². The first-order chi connectivity index (χ1) is 15.7. The number of benzene rings is 2. The summed E-state index contributed by atoms with van der Waals surface area (Å²) < 4.78 is 41.1.